The summed E-state index contributed by atoms with van der Waals surface area (Å²) in [6, 6.07) is 9.51. The number of hydrogen-bond acceptors (Lipinski definition) is 4. The molecule has 20 heavy (non-hydrogen) atoms. The third-order valence-corrected chi connectivity index (χ3v) is 2.83. The molecular weight excluding hydrogens is 254 g/mol. The Morgan fingerprint density at radius 3 is 2.45 bits per heavy atom. The molecule has 0 amide bonds. The highest BCUT2D eigenvalue weighted by Crippen LogP contribution is 2.07. The van der Waals surface area contributed by atoms with Crippen LogP contribution in [0.2, 0.25) is 0 Å². The lowest BCUT2D eigenvalue weighted by atomic mass is 10.2. The minimum atomic E-state index is -0.854. The second-order valence-electron chi connectivity index (χ2n) is 4.69. The zero-order valence-corrected chi connectivity index (χ0v) is 11.4. The van der Waals surface area contributed by atoms with Gasteiger partial charge >= 0.3 is 5.97 Å². The van der Waals surface area contributed by atoms with Crippen LogP contribution >= 0.6 is 0 Å². The van der Waals surface area contributed by atoms with E-state index in [-0.39, 0.29) is 6.54 Å². The normalized spacial score (nSPS) is 10.7. The van der Waals surface area contributed by atoms with Crippen molar-refractivity contribution in [1.82, 2.24) is 14.9 Å². The Morgan fingerprint density at radius 1 is 1.15 bits per heavy atom. The Kier molecular flexibility index (Phi) is 4.79. The predicted octanol–water partition coefficient (Wildman–Crippen LogP) is 1.87. The molecule has 0 aromatic carbocycles. The van der Waals surface area contributed by atoms with Crippen LogP contribution in [-0.4, -0.2) is 32.5 Å². The summed E-state index contributed by atoms with van der Waals surface area (Å²) in [7, 11) is 0. The molecule has 0 fully saturated rings. The summed E-state index contributed by atoms with van der Waals surface area (Å²) in [5, 5.41) is 9.00. The molecule has 0 saturated carbocycles. The smallest absolute Gasteiger partial charge is 0.317 e. The standard InChI is InChI=1S/C15H17N3O2/c1-12-5-6-14(17-8-12)10-18(11-15(19)20)9-13-4-2-3-7-16-13/h2-8H,9-11H2,1H3,(H,19,20). The van der Waals surface area contributed by atoms with Crippen LogP contribution in [-0.2, 0) is 17.9 Å². The van der Waals surface area contributed by atoms with Gasteiger partial charge in [-0.15, -0.1) is 0 Å². The topological polar surface area (TPSA) is 66.3 Å². The van der Waals surface area contributed by atoms with Gasteiger partial charge in [0.2, 0.25) is 0 Å². The molecule has 5 nitrogen and oxygen atoms in total. The molecular formula is C15H17N3O2. The van der Waals surface area contributed by atoms with E-state index in [1.54, 1.807) is 12.4 Å². The van der Waals surface area contributed by atoms with Gasteiger partial charge in [-0.3, -0.25) is 19.7 Å². The summed E-state index contributed by atoms with van der Waals surface area (Å²) < 4.78 is 0. The van der Waals surface area contributed by atoms with Gasteiger partial charge in [-0.2, -0.15) is 0 Å². The van der Waals surface area contributed by atoms with E-state index in [4.69, 9.17) is 5.11 Å². The first-order valence-corrected chi connectivity index (χ1v) is 6.39. The average molecular weight is 271 g/mol. The number of carboxylic acid groups (broad SMARTS) is 1. The molecule has 0 spiro atoms. The van der Waals surface area contributed by atoms with Gasteiger partial charge in [0, 0.05) is 25.5 Å². The van der Waals surface area contributed by atoms with Crippen LogP contribution in [0.4, 0.5) is 0 Å². The molecule has 2 heterocycles. The molecule has 0 aliphatic carbocycles. The van der Waals surface area contributed by atoms with Crippen molar-refractivity contribution in [2.45, 2.75) is 20.0 Å². The Balaban J connectivity index is 2.07. The summed E-state index contributed by atoms with van der Waals surface area (Å²) in [4.78, 5) is 21.3. The lowest BCUT2D eigenvalue weighted by Crippen LogP contribution is -2.29. The first kappa shape index (κ1) is 14.1. The number of aromatic nitrogens is 2. The summed E-state index contributed by atoms with van der Waals surface area (Å²) in [5.74, 6) is -0.854. The van der Waals surface area contributed by atoms with E-state index >= 15 is 0 Å². The van der Waals surface area contributed by atoms with Crippen molar-refractivity contribution >= 4 is 5.97 Å². The molecule has 2 aromatic heterocycles. The van der Waals surface area contributed by atoms with Crippen molar-refractivity contribution in [2.75, 3.05) is 6.54 Å². The molecule has 0 radical (unpaired) electrons. The van der Waals surface area contributed by atoms with E-state index in [1.807, 2.05) is 42.2 Å². The Hall–Kier alpha value is -2.27. The first-order chi connectivity index (χ1) is 9.63. The molecule has 0 bridgehead atoms. The third-order valence-electron chi connectivity index (χ3n) is 2.83. The maximum atomic E-state index is 11.0. The molecule has 2 aromatic rings. The predicted molar refractivity (Wildman–Crippen MR) is 75.0 cm³/mol. The van der Waals surface area contributed by atoms with Crippen molar-refractivity contribution in [2.24, 2.45) is 0 Å². The minimum absolute atomic E-state index is 0.0356. The van der Waals surface area contributed by atoms with Gasteiger partial charge in [0.1, 0.15) is 0 Å². The summed E-state index contributed by atoms with van der Waals surface area (Å²) in [5.41, 5.74) is 2.79. The number of aliphatic carboxylic acids is 1. The Bertz CT molecular complexity index is 555. The molecule has 0 atom stereocenters. The summed E-state index contributed by atoms with van der Waals surface area (Å²) in [6.07, 6.45) is 3.49. The number of hydrogen-bond donors (Lipinski definition) is 1. The highest BCUT2D eigenvalue weighted by atomic mass is 16.4. The highest BCUT2D eigenvalue weighted by molar-refractivity contribution is 5.69. The van der Waals surface area contributed by atoms with Gasteiger partial charge in [0.15, 0.2) is 0 Å². The molecule has 0 aliphatic rings. The van der Waals surface area contributed by atoms with Gasteiger partial charge < -0.3 is 5.11 Å². The third kappa shape index (κ3) is 4.44. The quantitative estimate of drug-likeness (QED) is 0.868. The number of carbonyl (C=O) groups is 1. The van der Waals surface area contributed by atoms with Crippen LogP contribution in [0.5, 0.6) is 0 Å². The first-order valence-electron chi connectivity index (χ1n) is 6.39. The van der Waals surface area contributed by atoms with Crippen molar-refractivity contribution < 1.29 is 9.90 Å². The molecule has 104 valence electrons. The van der Waals surface area contributed by atoms with Crippen LogP contribution in [0.1, 0.15) is 17.0 Å². The largest absolute Gasteiger partial charge is 0.480 e. The van der Waals surface area contributed by atoms with E-state index in [9.17, 15) is 4.79 Å². The van der Waals surface area contributed by atoms with Crippen LogP contribution in [0.25, 0.3) is 0 Å². The Morgan fingerprint density at radius 2 is 1.90 bits per heavy atom. The fourth-order valence-electron chi connectivity index (χ4n) is 1.90. The zero-order valence-electron chi connectivity index (χ0n) is 11.4. The maximum absolute atomic E-state index is 11.0. The van der Waals surface area contributed by atoms with Crippen molar-refractivity contribution in [3.63, 3.8) is 0 Å². The number of rotatable bonds is 6. The SMILES string of the molecule is Cc1ccc(CN(CC(=O)O)Cc2ccccn2)nc1. The van der Waals surface area contributed by atoms with Crippen molar-refractivity contribution in [3.05, 3.63) is 59.7 Å². The lowest BCUT2D eigenvalue weighted by molar-refractivity contribution is -0.138. The fraction of sp³-hybridized carbons (Fsp3) is 0.267. The van der Waals surface area contributed by atoms with E-state index in [0.717, 1.165) is 17.0 Å². The van der Waals surface area contributed by atoms with Crippen molar-refractivity contribution in [3.8, 4) is 0 Å². The van der Waals surface area contributed by atoms with Crippen LogP contribution in [0.3, 0.4) is 0 Å². The van der Waals surface area contributed by atoms with E-state index < -0.39 is 5.97 Å². The maximum Gasteiger partial charge on any atom is 0.317 e. The molecule has 0 aliphatic heterocycles. The van der Waals surface area contributed by atoms with Gasteiger partial charge in [0.25, 0.3) is 0 Å². The molecule has 5 heteroatoms. The second kappa shape index (κ2) is 6.77. The number of nitrogens with zero attached hydrogens (tertiary/aromatic N) is 3. The minimum Gasteiger partial charge on any atom is -0.480 e. The van der Waals surface area contributed by atoms with Crippen molar-refractivity contribution in [1.29, 1.82) is 0 Å². The van der Waals surface area contributed by atoms with Crippen LogP contribution < -0.4 is 0 Å². The summed E-state index contributed by atoms with van der Waals surface area (Å²) >= 11 is 0. The highest BCUT2D eigenvalue weighted by Gasteiger charge is 2.12. The second-order valence-corrected chi connectivity index (χ2v) is 4.69. The lowest BCUT2D eigenvalue weighted by Gasteiger charge is -2.19. The van der Waals surface area contributed by atoms with Crippen LogP contribution in [0, 0.1) is 6.92 Å². The van der Waals surface area contributed by atoms with E-state index in [0.29, 0.717) is 13.1 Å². The van der Waals surface area contributed by atoms with Crippen LogP contribution in [0.15, 0.2) is 42.7 Å². The van der Waals surface area contributed by atoms with E-state index in [1.165, 1.54) is 0 Å². The molecule has 0 unspecified atom stereocenters. The number of carboxylic acids is 1. The molecule has 1 N–H and O–H groups in total. The number of aryl methyl sites for hydroxylation is 1. The molecule has 0 saturated heterocycles. The van der Waals surface area contributed by atoms with Gasteiger partial charge in [0.05, 0.1) is 17.9 Å². The number of pyridine rings is 2. The van der Waals surface area contributed by atoms with Gasteiger partial charge in [-0.1, -0.05) is 12.1 Å². The fourth-order valence-corrected chi connectivity index (χ4v) is 1.90. The molecule has 2 rings (SSSR count). The summed E-state index contributed by atoms with van der Waals surface area (Å²) in [6.45, 7) is 2.91. The monoisotopic (exact) mass is 271 g/mol. The van der Waals surface area contributed by atoms with Gasteiger partial charge in [-0.05, 0) is 30.7 Å². The Labute approximate surface area is 117 Å². The average Bonchev–Trinajstić information content (AvgIpc) is 2.42. The van der Waals surface area contributed by atoms with Gasteiger partial charge in [-0.25, -0.2) is 0 Å². The zero-order chi connectivity index (χ0) is 14.4. The van der Waals surface area contributed by atoms with E-state index in [2.05, 4.69) is 9.97 Å².